The summed E-state index contributed by atoms with van der Waals surface area (Å²) in [6.07, 6.45) is -9.26. The van der Waals surface area contributed by atoms with E-state index in [2.05, 4.69) is 5.32 Å². The Bertz CT molecular complexity index is 702. The number of halogens is 6. The Morgan fingerprint density at radius 3 is 2.07 bits per heavy atom. The molecule has 11 heteroatoms. The minimum Gasteiger partial charge on any atom is -0.481 e. The quantitative estimate of drug-likeness (QED) is 0.765. The van der Waals surface area contributed by atoms with Gasteiger partial charge in [-0.05, 0) is 31.2 Å². The van der Waals surface area contributed by atoms with Crippen LogP contribution in [0.15, 0.2) is 24.3 Å². The van der Waals surface area contributed by atoms with Gasteiger partial charge in [0.05, 0.1) is 23.4 Å². The van der Waals surface area contributed by atoms with Gasteiger partial charge < -0.3 is 10.4 Å². The maximum absolute atomic E-state index is 13.0. The van der Waals surface area contributed by atoms with Gasteiger partial charge in [0.25, 0.3) is 0 Å². The van der Waals surface area contributed by atoms with Crippen molar-refractivity contribution in [3.8, 4) is 0 Å². The molecular formula is C16H16F6N2O3. The van der Waals surface area contributed by atoms with Gasteiger partial charge in [0, 0.05) is 18.8 Å². The van der Waals surface area contributed by atoms with Crippen LogP contribution < -0.4 is 5.32 Å². The van der Waals surface area contributed by atoms with E-state index in [0.29, 0.717) is 0 Å². The van der Waals surface area contributed by atoms with Crippen LogP contribution in [-0.4, -0.2) is 47.2 Å². The molecule has 27 heavy (non-hydrogen) atoms. The Morgan fingerprint density at radius 1 is 1.11 bits per heavy atom. The van der Waals surface area contributed by atoms with Crippen molar-refractivity contribution in [2.75, 3.05) is 18.4 Å². The summed E-state index contributed by atoms with van der Waals surface area (Å²) in [6.45, 7) is 0.195. The van der Waals surface area contributed by atoms with Gasteiger partial charge in [0.15, 0.2) is 0 Å². The molecule has 1 aliphatic rings. The monoisotopic (exact) mass is 398 g/mol. The normalized spacial score (nSPS) is 22.5. The number of nitrogens with zero attached hydrogens (tertiary/aromatic N) is 1. The molecule has 0 aliphatic carbocycles. The number of alkyl halides is 6. The maximum atomic E-state index is 13.0. The summed E-state index contributed by atoms with van der Waals surface area (Å²) < 4.78 is 76.6. The van der Waals surface area contributed by atoms with Crippen molar-refractivity contribution in [2.24, 2.45) is 11.8 Å². The van der Waals surface area contributed by atoms with Crippen LogP contribution in [0.25, 0.3) is 0 Å². The first-order valence-corrected chi connectivity index (χ1v) is 7.82. The molecule has 5 nitrogen and oxygen atoms in total. The molecule has 1 aromatic rings. The number of anilines is 1. The van der Waals surface area contributed by atoms with Crippen molar-refractivity contribution < 1.29 is 41.0 Å². The number of carbonyl (C=O) groups excluding carboxylic acids is 1. The molecule has 1 aromatic carbocycles. The molecule has 0 spiro atoms. The summed E-state index contributed by atoms with van der Waals surface area (Å²) in [7, 11) is 0. The number of hydrogen-bond donors (Lipinski definition) is 2. The second kappa shape index (κ2) is 7.37. The Morgan fingerprint density at radius 2 is 1.67 bits per heavy atom. The largest absolute Gasteiger partial charge is 0.481 e. The topological polar surface area (TPSA) is 69.6 Å². The first-order chi connectivity index (χ1) is 12.3. The van der Waals surface area contributed by atoms with Crippen LogP contribution in [0, 0.1) is 11.8 Å². The molecule has 2 rings (SSSR count). The molecule has 1 unspecified atom stereocenters. The highest BCUT2D eigenvalue weighted by Crippen LogP contribution is 2.38. The number of likely N-dealkylation sites (tertiary alicyclic amines) is 1. The van der Waals surface area contributed by atoms with E-state index >= 15 is 0 Å². The van der Waals surface area contributed by atoms with E-state index in [1.165, 1.54) is 6.92 Å². The summed E-state index contributed by atoms with van der Waals surface area (Å²) in [6, 6.07) is 2.47. The first-order valence-electron chi connectivity index (χ1n) is 7.82. The zero-order valence-corrected chi connectivity index (χ0v) is 13.9. The predicted octanol–water partition coefficient (Wildman–Crippen LogP) is 3.23. The lowest BCUT2D eigenvalue weighted by molar-refractivity contribution is -0.188. The minimum atomic E-state index is -4.72. The Kier molecular flexibility index (Phi) is 5.74. The van der Waals surface area contributed by atoms with Crippen molar-refractivity contribution in [3.05, 3.63) is 29.8 Å². The summed E-state index contributed by atoms with van der Waals surface area (Å²) in [5.41, 5.74) is -0.869. The van der Waals surface area contributed by atoms with Gasteiger partial charge in [-0.1, -0.05) is 0 Å². The number of nitrogens with one attached hydrogen (secondary N) is 1. The molecule has 1 saturated heterocycles. The number of amides is 1. The average molecular weight is 398 g/mol. The van der Waals surface area contributed by atoms with Crippen LogP contribution in [0.5, 0.6) is 0 Å². The van der Waals surface area contributed by atoms with Crippen LogP contribution in [0.4, 0.5) is 32.0 Å². The summed E-state index contributed by atoms with van der Waals surface area (Å²) >= 11 is 0. The van der Waals surface area contributed by atoms with E-state index in [1.54, 1.807) is 0 Å². The smallest absolute Gasteiger partial charge is 0.416 e. The Hall–Kier alpha value is -2.30. The maximum Gasteiger partial charge on any atom is 0.416 e. The van der Waals surface area contributed by atoms with Crippen LogP contribution >= 0.6 is 0 Å². The number of rotatable bonds is 4. The molecule has 2 N–H and O–H groups in total. The van der Waals surface area contributed by atoms with Gasteiger partial charge in [-0.3, -0.25) is 14.5 Å². The highest BCUT2D eigenvalue weighted by atomic mass is 19.4. The molecule has 3 atom stereocenters. The second-order valence-electron chi connectivity index (χ2n) is 6.29. The zero-order valence-electron chi connectivity index (χ0n) is 13.9. The van der Waals surface area contributed by atoms with E-state index in [9.17, 15) is 35.9 Å². The number of benzene rings is 1. The standard InChI is InChI=1S/C16H16F6N2O3/c1-8(24-6-11(14(26)27)12(7-24)16(20,21)22)13(25)23-10-4-2-9(3-5-10)15(17,18)19/h2-5,8,11-12H,6-7H2,1H3,(H,23,25)(H,26,27)/t8?,11-,12-/m1/s1. The average Bonchev–Trinajstić information content (AvgIpc) is 2.99. The molecule has 1 heterocycles. The number of carbonyl (C=O) groups is 2. The fourth-order valence-corrected chi connectivity index (χ4v) is 2.89. The molecule has 0 radical (unpaired) electrons. The lowest BCUT2D eigenvalue weighted by Crippen LogP contribution is -2.41. The molecule has 0 saturated carbocycles. The van der Waals surface area contributed by atoms with E-state index in [0.717, 1.165) is 29.2 Å². The predicted molar refractivity (Wildman–Crippen MR) is 81.8 cm³/mol. The SMILES string of the molecule is CC(C(=O)Nc1ccc(C(F)(F)F)cc1)N1C[C@@H](C(F)(F)F)[C@H](C(=O)O)C1. The number of carboxylic acid groups (broad SMARTS) is 1. The fourth-order valence-electron chi connectivity index (χ4n) is 2.89. The first kappa shape index (κ1) is 21.0. The van der Waals surface area contributed by atoms with Crippen molar-refractivity contribution in [1.29, 1.82) is 0 Å². The molecule has 0 aromatic heterocycles. The number of carboxylic acids is 1. The van der Waals surface area contributed by atoms with Gasteiger partial charge in [-0.25, -0.2) is 0 Å². The van der Waals surface area contributed by atoms with Gasteiger partial charge in [-0.15, -0.1) is 0 Å². The van der Waals surface area contributed by atoms with Gasteiger partial charge >= 0.3 is 18.3 Å². The third-order valence-electron chi connectivity index (χ3n) is 4.49. The highest BCUT2D eigenvalue weighted by molar-refractivity contribution is 5.94. The molecule has 0 bridgehead atoms. The number of aliphatic carboxylic acids is 1. The molecule has 1 amide bonds. The van der Waals surface area contributed by atoms with Crippen molar-refractivity contribution in [3.63, 3.8) is 0 Å². The van der Waals surface area contributed by atoms with Gasteiger partial charge in [0.2, 0.25) is 5.91 Å². The molecular weight excluding hydrogens is 382 g/mol. The minimum absolute atomic E-state index is 0.0428. The van der Waals surface area contributed by atoms with Crippen molar-refractivity contribution in [2.45, 2.75) is 25.3 Å². The summed E-state index contributed by atoms with van der Waals surface area (Å²) in [5, 5.41) is 11.3. The summed E-state index contributed by atoms with van der Waals surface area (Å²) in [4.78, 5) is 24.4. The lowest BCUT2D eigenvalue weighted by atomic mass is 9.96. The van der Waals surface area contributed by atoms with Crippen molar-refractivity contribution in [1.82, 2.24) is 4.90 Å². The van der Waals surface area contributed by atoms with E-state index in [-0.39, 0.29) is 5.69 Å². The van der Waals surface area contributed by atoms with Crippen LogP contribution in [0.2, 0.25) is 0 Å². The third kappa shape index (κ3) is 4.90. The van der Waals surface area contributed by atoms with E-state index in [4.69, 9.17) is 5.11 Å². The van der Waals surface area contributed by atoms with Gasteiger partial charge in [-0.2, -0.15) is 26.3 Å². The summed E-state index contributed by atoms with van der Waals surface area (Å²) in [5.74, 6) is -6.14. The molecule has 1 aliphatic heterocycles. The second-order valence-corrected chi connectivity index (χ2v) is 6.29. The Balaban J connectivity index is 2.06. The van der Waals surface area contributed by atoms with E-state index < -0.39 is 60.8 Å². The van der Waals surface area contributed by atoms with Crippen molar-refractivity contribution >= 4 is 17.6 Å². The Labute approximate surface area is 149 Å². The van der Waals surface area contributed by atoms with Crippen LogP contribution in [-0.2, 0) is 15.8 Å². The van der Waals surface area contributed by atoms with Crippen LogP contribution in [0.3, 0.4) is 0 Å². The third-order valence-corrected chi connectivity index (χ3v) is 4.49. The highest BCUT2D eigenvalue weighted by Gasteiger charge is 2.53. The lowest BCUT2D eigenvalue weighted by Gasteiger charge is -2.23. The number of hydrogen-bond acceptors (Lipinski definition) is 3. The molecule has 150 valence electrons. The molecule has 1 fully saturated rings. The van der Waals surface area contributed by atoms with Crippen LogP contribution in [0.1, 0.15) is 12.5 Å². The zero-order chi connectivity index (χ0) is 20.6. The fraction of sp³-hybridized carbons (Fsp3) is 0.500. The van der Waals surface area contributed by atoms with Gasteiger partial charge in [0.1, 0.15) is 0 Å². The van der Waals surface area contributed by atoms with E-state index in [1.807, 2.05) is 0 Å².